The highest BCUT2D eigenvalue weighted by Gasteiger charge is 2.07. The Bertz CT molecular complexity index is 331. The van der Waals surface area contributed by atoms with Crippen LogP contribution < -0.4 is 5.73 Å². The van der Waals surface area contributed by atoms with E-state index < -0.39 is 0 Å². The molecule has 0 aliphatic carbocycles. The monoisotopic (exact) mass is 223 g/mol. The molecule has 0 fully saturated rings. The van der Waals surface area contributed by atoms with Crippen LogP contribution >= 0.6 is 0 Å². The average Bonchev–Trinajstić information content (AvgIpc) is 2.63. The number of hydrogen-bond acceptors (Lipinski definition) is 3. The lowest BCUT2D eigenvalue weighted by atomic mass is 10.0. The van der Waals surface area contributed by atoms with E-state index in [4.69, 9.17) is 5.73 Å². The summed E-state index contributed by atoms with van der Waals surface area (Å²) in [6, 6.07) is 0. The normalized spacial score (nSPS) is 10.9. The number of aromatic nitrogens is 2. The molecule has 16 heavy (non-hydrogen) atoms. The molecule has 0 radical (unpaired) electrons. The lowest BCUT2D eigenvalue weighted by molar-refractivity contribution is 0.0975. The standard InChI is InChI=1S/C12H21N3O/c1-9(2)6-4-3-5-7-11(16)10-8-14-12(13)15-10/h8-9H,3-7H2,1-2H3,(H3,13,14,15). The number of hydrogen-bond donors (Lipinski definition) is 2. The van der Waals surface area contributed by atoms with Gasteiger partial charge < -0.3 is 10.7 Å². The van der Waals surface area contributed by atoms with Crippen molar-refractivity contribution < 1.29 is 4.79 Å². The number of aromatic amines is 1. The number of nitrogens with two attached hydrogens (primary N) is 1. The Morgan fingerprint density at radius 3 is 2.75 bits per heavy atom. The van der Waals surface area contributed by atoms with Gasteiger partial charge in [0.05, 0.1) is 6.20 Å². The molecule has 0 spiro atoms. The van der Waals surface area contributed by atoms with Crippen LogP contribution in [0, 0.1) is 5.92 Å². The molecule has 0 amide bonds. The van der Waals surface area contributed by atoms with Crippen molar-refractivity contribution in [3.63, 3.8) is 0 Å². The fraction of sp³-hybridized carbons (Fsp3) is 0.667. The first-order chi connectivity index (χ1) is 7.59. The summed E-state index contributed by atoms with van der Waals surface area (Å²) in [4.78, 5) is 18.2. The molecular weight excluding hydrogens is 202 g/mol. The van der Waals surface area contributed by atoms with Crippen LogP contribution in [0.25, 0.3) is 0 Å². The number of unbranched alkanes of at least 4 members (excludes halogenated alkanes) is 2. The van der Waals surface area contributed by atoms with Crippen LogP contribution in [0.3, 0.4) is 0 Å². The van der Waals surface area contributed by atoms with Gasteiger partial charge >= 0.3 is 0 Å². The van der Waals surface area contributed by atoms with Crippen LogP contribution in [-0.4, -0.2) is 15.8 Å². The Labute approximate surface area is 96.6 Å². The Kier molecular flexibility index (Phi) is 5.02. The molecule has 1 aromatic rings. The van der Waals surface area contributed by atoms with Crippen LogP contribution in [0.2, 0.25) is 0 Å². The average molecular weight is 223 g/mol. The molecule has 0 saturated carbocycles. The highest BCUT2D eigenvalue weighted by atomic mass is 16.1. The largest absolute Gasteiger partial charge is 0.369 e. The minimum atomic E-state index is 0.105. The van der Waals surface area contributed by atoms with E-state index in [1.807, 2.05) is 0 Å². The number of nitrogen functional groups attached to an aromatic ring is 1. The predicted octanol–water partition coefficient (Wildman–Crippen LogP) is 2.78. The second-order valence-electron chi connectivity index (χ2n) is 4.60. The first kappa shape index (κ1) is 12.7. The van der Waals surface area contributed by atoms with Crippen molar-refractivity contribution in [1.82, 2.24) is 9.97 Å². The molecule has 0 saturated heterocycles. The summed E-state index contributed by atoms with van der Waals surface area (Å²) in [5, 5.41) is 0. The first-order valence-electron chi connectivity index (χ1n) is 5.93. The SMILES string of the molecule is CC(C)CCCCCC(=O)c1cnc(N)[nH]1. The van der Waals surface area contributed by atoms with E-state index in [-0.39, 0.29) is 5.78 Å². The summed E-state index contributed by atoms with van der Waals surface area (Å²) in [7, 11) is 0. The fourth-order valence-electron chi connectivity index (χ4n) is 1.63. The van der Waals surface area contributed by atoms with E-state index >= 15 is 0 Å². The maximum Gasteiger partial charge on any atom is 0.197 e. The van der Waals surface area contributed by atoms with Crippen molar-refractivity contribution in [3.05, 3.63) is 11.9 Å². The molecule has 1 heterocycles. The highest BCUT2D eigenvalue weighted by molar-refractivity contribution is 5.94. The number of carbonyl (C=O) groups excluding carboxylic acids is 1. The van der Waals surface area contributed by atoms with Gasteiger partial charge in [-0.05, 0) is 12.3 Å². The van der Waals surface area contributed by atoms with Crippen molar-refractivity contribution in [2.45, 2.75) is 46.0 Å². The van der Waals surface area contributed by atoms with Gasteiger partial charge in [0.15, 0.2) is 11.7 Å². The Morgan fingerprint density at radius 2 is 2.19 bits per heavy atom. The molecule has 0 aliphatic heterocycles. The number of Topliss-reactive ketones (excluding diaryl/α,β-unsaturated/α-hetero) is 1. The summed E-state index contributed by atoms with van der Waals surface area (Å²) in [6.07, 6.45) is 6.60. The van der Waals surface area contributed by atoms with E-state index in [1.54, 1.807) is 0 Å². The van der Waals surface area contributed by atoms with Gasteiger partial charge in [0.1, 0.15) is 5.69 Å². The second kappa shape index (κ2) is 6.30. The maximum absolute atomic E-state index is 11.6. The van der Waals surface area contributed by atoms with Gasteiger partial charge in [-0.1, -0.05) is 33.1 Å². The van der Waals surface area contributed by atoms with E-state index in [0.717, 1.165) is 18.8 Å². The van der Waals surface area contributed by atoms with Crippen LogP contribution in [0.5, 0.6) is 0 Å². The number of carbonyl (C=O) groups is 1. The third-order valence-corrected chi connectivity index (χ3v) is 2.58. The van der Waals surface area contributed by atoms with Gasteiger partial charge in [-0.15, -0.1) is 0 Å². The van der Waals surface area contributed by atoms with Crippen LogP contribution in [0.15, 0.2) is 6.20 Å². The third-order valence-electron chi connectivity index (χ3n) is 2.58. The predicted molar refractivity (Wildman–Crippen MR) is 65.3 cm³/mol. The van der Waals surface area contributed by atoms with Gasteiger partial charge in [-0.2, -0.15) is 0 Å². The lowest BCUT2D eigenvalue weighted by Gasteiger charge is -2.03. The number of rotatable bonds is 7. The summed E-state index contributed by atoms with van der Waals surface area (Å²) in [5.74, 6) is 1.17. The number of ketones is 1. The van der Waals surface area contributed by atoms with Gasteiger partial charge in [0.25, 0.3) is 0 Å². The topological polar surface area (TPSA) is 71.8 Å². The molecule has 0 aromatic carbocycles. The second-order valence-corrected chi connectivity index (χ2v) is 4.60. The van der Waals surface area contributed by atoms with E-state index in [9.17, 15) is 4.79 Å². The van der Waals surface area contributed by atoms with Crippen LogP contribution in [0.1, 0.15) is 56.4 Å². The summed E-state index contributed by atoms with van der Waals surface area (Å²) < 4.78 is 0. The van der Waals surface area contributed by atoms with Gasteiger partial charge in [-0.25, -0.2) is 4.98 Å². The Balaban J connectivity index is 2.16. The van der Waals surface area contributed by atoms with Crippen molar-refractivity contribution in [3.8, 4) is 0 Å². The molecule has 3 N–H and O–H groups in total. The zero-order chi connectivity index (χ0) is 12.0. The molecule has 4 nitrogen and oxygen atoms in total. The molecule has 4 heteroatoms. The highest BCUT2D eigenvalue weighted by Crippen LogP contribution is 2.11. The number of H-pyrrole nitrogens is 1. The van der Waals surface area contributed by atoms with Crippen LogP contribution in [-0.2, 0) is 0 Å². The summed E-state index contributed by atoms with van der Waals surface area (Å²) in [5.41, 5.74) is 5.94. The molecule has 0 unspecified atom stereocenters. The lowest BCUT2D eigenvalue weighted by Crippen LogP contribution is -2.00. The minimum Gasteiger partial charge on any atom is -0.369 e. The van der Waals surface area contributed by atoms with Crippen molar-refractivity contribution in [2.75, 3.05) is 5.73 Å². The Hall–Kier alpha value is -1.32. The van der Waals surface area contributed by atoms with E-state index in [2.05, 4.69) is 23.8 Å². The van der Waals surface area contributed by atoms with Crippen LogP contribution in [0.4, 0.5) is 5.95 Å². The van der Waals surface area contributed by atoms with Gasteiger partial charge in [-0.3, -0.25) is 4.79 Å². The molecular formula is C12H21N3O. The smallest absolute Gasteiger partial charge is 0.197 e. The number of imidazole rings is 1. The first-order valence-corrected chi connectivity index (χ1v) is 5.93. The zero-order valence-electron chi connectivity index (χ0n) is 10.1. The van der Waals surface area contributed by atoms with E-state index in [1.165, 1.54) is 19.0 Å². The number of nitrogens with one attached hydrogen (secondary N) is 1. The molecule has 0 bridgehead atoms. The summed E-state index contributed by atoms with van der Waals surface area (Å²) in [6.45, 7) is 4.44. The van der Waals surface area contributed by atoms with Crippen molar-refractivity contribution >= 4 is 11.7 Å². The number of nitrogens with zero attached hydrogens (tertiary/aromatic N) is 1. The van der Waals surface area contributed by atoms with Crippen molar-refractivity contribution in [2.24, 2.45) is 5.92 Å². The third kappa shape index (κ3) is 4.47. The minimum absolute atomic E-state index is 0.105. The number of anilines is 1. The Morgan fingerprint density at radius 1 is 1.44 bits per heavy atom. The molecule has 1 aromatic heterocycles. The molecule has 90 valence electrons. The maximum atomic E-state index is 11.6. The van der Waals surface area contributed by atoms with Gasteiger partial charge in [0, 0.05) is 6.42 Å². The van der Waals surface area contributed by atoms with Gasteiger partial charge in [0.2, 0.25) is 0 Å². The molecule has 0 atom stereocenters. The molecule has 1 rings (SSSR count). The van der Waals surface area contributed by atoms with Crippen molar-refractivity contribution in [1.29, 1.82) is 0 Å². The quantitative estimate of drug-likeness (QED) is 0.551. The van der Waals surface area contributed by atoms with E-state index in [0.29, 0.717) is 18.1 Å². The summed E-state index contributed by atoms with van der Waals surface area (Å²) >= 11 is 0. The zero-order valence-corrected chi connectivity index (χ0v) is 10.1. The molecule has 0 aliphatic rings. The fourth-order valence-corrected chi connectivity index (χ4v) is 1.63.